The van der Waals surface area contributed by atoms with Crippen LogP contribution in [-0.2, 0) is 21.3 Å². The largest absolute Gasteiger partial charge is 0.379 e. The second kappa shape index (κ2) is 19.4. The lowest BCUT2D eigenvalue weighted by Gasteiger charge is -2.36. The molecule has 3 heterocycles. The van der Waals surface area contributed by atoms with Crippen LogP contribution in [0.15, 0.2) is 131 Å². The number of piperazine rings is 1. The maximum atomic E-state index is 15.9. The van der Waals surface area contributed by atoms with E-state index in [-0.39, 0.29) is 33.5 Å². The minimum atomic E-state index is -4.41. The molecule has 8 rings (SSSR count). The number of morpholine rings is 1. The number of halogens is 1. The van der Waals surface area contributed by atoms with E-state index in [1.807, 2.05) is 59.5 Å². The van der Waals surface area contributed by atoms with Gasteiger partial charge in [0.1, 0.15) is 17.8 Å². The van der Waals surface area contributed by atoms with Gasteiger partial charge in [0.25, 0.3) is 15.7 Å². The van der Waals surface area contributed by atoms with E-state index < -0.39 is 20.8 Å². The highest BCUT2D eigenvalue weighted by Gasteiger charge is 2.26. The average molecular weight is 863 g/mol. The average Bonchev–Trinajstić information content (AvgIpc) is 3.28. The summed E-state index contributed by atoms with van der Waals surface area (Å²) < 4.78 is 51.5. The molecule has 61 heavy (non-hydrogen) atoms. The second-order valence-electron chi connectivity index (χ2n) is 15.1. The summed E-state index contributed by atoms with van der Waals surface area (Å²) in [5.41, 5.74) is 4.14. The van der Waals surface area contributed by atoms with Crippen LogP contribution < -0.4 is 14.9 Å². The van der Waals surface area contributed by atoms with Gasteiger partial charge in [-0.1, -0.05) is 72.8 Å². The molecule has 0 amide bonds. The molecule has 16 heteroatoms. The van der Waals surface area contributed by atoms with Gasteiger partial charge in [-0.25, -0.2) is 22.8 Å². The standard InChI is InChI=1S/C45H47FN8O5S2/c46-40-28-39-42(29-43(40)53-21-19-52(20-22-53)30-34-11-7-8-14-38(34)33-9-3-1-4-10-33)47-32-48-45(39)50-61(57,58)37-15-16-41(44(27-37)54(55)56)49-35(17-18-51-23-25-59-26-24-51)31-60-36-12-5-2-6-13-36/h1-16,27-29,32,35,49H,17-26,30-31H2,(H,47,48,50)/t35-/m1/s1. The maximum absolute atomic E-state index is 15.9. The summed E-state index contributed by atoms with van der Waals surface area (Å²) in [6.45, 7) is 7.12. The van der Waals surface area contributed by atoms with E-state index in [0.717, 1.165) is 50.2 Å². The van der Waals surface area contributed by atoms with Crippen LogP contribution in [0.5, 0.6) is 0 Å². The molecule has 6 aromatic rings. The van der Waals surface area contributed by atoms with Crippen LogP contribution in [0.1, 0.15) is 12.0 Å². The highest BCUT2D eigenvalue weighted by molar-refractivity contribution is 7.99. The van der Waals surface area contributed by atoms with Crippen molar-refractivity contribution in [2.75, 3.05) is 79.7 Å². The van der Waals surface area contributed by atoms with Gasteiger partial charge in [-0.15, -0.1) is 11.8 Å². The van der Waals surface area contributed by atoms with Crippen molar-refractivity contribution in [2.45, 2.75) is 28.8 Å². The fraction of sp³-hybridized carbons (Fsp3) is 0.289. The molecule has 316 valence electrons. The Hall–Kier alpha value is -5.65. The first-order valence-corrected chi connectivity index (χ1v) is 22.8. The molecule has 1 aromatic heterocycles. The lowest BCUT2D eigenvalue weighted by atomic mass is 9.99. The number of hydrogen-bond donors (Lipinski definition) is 2. The third-order valence-corrected chi connectivity index (χ3v) is 13.6. The minimum absolute atomic E-state index is 0.136. The number of hydrogen-bond acceptors (Lipinski definition) is 12. The summed E-state index contributed by atoms with van der Waals surface area (Å²) in [6, 6.07) is 35.1. The first-order valence-electron chi connectivity index (χ1n) is 20.3. The number of aromatic nitrogens is 2. The van der Waals surface area contributed by atoms with Crippen molar-refractivity contribution < 1.29 is 22.5 Å². The molecule has 2 fully saturated rings. The number of fused-ring (bicyclic) bond motifs is 1. The smallest absolute Gasteiger partial charge is 0.293 e. The Kier molecular flexibility index (Phi) is 13.4. The van der Waals surface area contributed by atoms with Gasteiger partial charge in [-0.05, 0) is 59.5 Å². The number of nitro groups is 1. The van der Waals surface area contributed by atoms with Gasteiger partial charge in [-0.3, -0.25) is 24.6 Å². The van der Waals surface area contributed by atoms with Crippen molar-refractivity contribution in [3.63, 3.8) is 0 Å². The van der Waals surface area contributed by atoms with Gasteiger partial charge in [0.2, 0.25) is 0 Å². The van der Waals surface area contributed by atoms with Gasteiger partial charge in [0.15, 0.2) is 5.82 Å². The molecule has 0 spiro atoms. The number of nitrogens with one attached hydrogen (secondary N) is 2. The van der Waals surface area contributed by atoms with Crippen molar-refractivity contribution >= 4 is 55.6 Å². The first kappa shape index (κ1) is 42.1. The molecule has 13 nitrogen and oxygen atoms in total. The summed E-state index contributed by atoms with van der Waals surface area (Å²) in [5.74, 6) is -0.0410. The number of anilines is 3. The minimum Gasteiger partial charge on any atom is -0.379 e. The quantitative estimate of drug-likeness (QED) is 0.0557. The van der Waals surface area contributed by atoms with Crippen LogP contribution in [0.4, 0.5) is 27.3 Å². The lowest BCUT2D eigenvalue weighted by Crippen LogP contribution is -2.46. The molecule has 1 atom stereocenters. The molecule has 2 aliphatic heterocycles. The van der Waals surface area contributed by atoms with Crippen molar-refractivity contribution in [1.29, 1.82) is 0 Å². The van der Waals surface area contributed by atoms with E-state index >= 15 is 4.39 Å². The Morgan fingerprint density at radius 1 is 0.836 bits per heavy atom. The molecule has 2 saturated heterocycles. The predicted molar refractivity (Wildman–Crippen MR) is 239 cm³/mol. The summed E-state index contributed by atoms with van der Waals surface area (Å²) >= 11 is 1.64. The first-order chi connectivity index (χ1) is 29.7. The normalized spacial score (nSPS) is 15.7. The molecule has 0 radical (unpaired) electrons. The van der Waals surface area contributed by atoms with Gasteiger partial charge >= 0.3 is 0 Å². The zero-order chi connectivity index (χ0) is 42.2. The molecule has 0 aliphatic carbocycles. The van der Waals surface area contributed by atoms with Crippen LogP contribution in [0.25, 0.3) is 22.0 Å². The van der Waals surface area contributed by atoms with E-state index in [1.54, 1.807) is 17.8 Å². The summed E-state index contributed by atoms with van der Waals surface area (Å²) in [5, 5.41) is 15.9. The Labute approximate surface area is 359 Å². The van der Waals surface area contributed by atoms with Gasteiger partial charge in [0.05, 0.1) is 34.2 Å². The Balaban J connectivity index is 0.955. The van der Waals surface area contributed by atoms with E-state index in [0.29, 0.717) is 49.7 Å². The number of rotatable bonds is 16. The zero-order valence-electron chi connectivity index (χ0n) is 33.5. The highest BCUT2D eigenvalue weighted by atomic mass is 32.2. The predicted octanol–water partition coefficient (Wildman–Crippen LogP) is 7.76. The molecular formula is C45H47FN8O5S2. The van der Waals surface area contributed by atoms with E-state index in [1.165, 1.54) is 41.2 Å². The van der Waals surface area contributed by atoms with Gasteiger partial charge in [0, 0.05) is 80.5 Å². The molecule has 0 bridgehead atoms. The van der Waals surface area contributed by atoms with Crippen molar-refractivity contribution in [3.05, 3.63) is 143 Å². The fourth-order valence-electron chi connectivity index (χ4n) is 7.77. The third-order valence-electron chi connectivity index (χ3n) is 11.1. The van der Waals surface area contributed by atoms with E-state index in [9.17, 15) is 18.5 Å². The summed E-state index contributed by atoms with van der Waals surface area (Å²) in [7, 11) is -4.41. The number of thioether (sulfide) groups is 1. The summed E-state index contributed by atoms with van der Waals surface area (Å²) in [4.78, 5) is 27.7. The van der Waals surface area contributed by atoms with Crippen LogP contribution in [0, 0.1) is 15.9 Å². The second-order valence-corrected chi connectivity index (χ2v) is 17.9. The van der Waals surface area contributed by atoms with Crippen LogP contribution in [0.2, 0.25) is 0 Å². The number of nitro benzene ring substituents is 1. The number of sulfonamides is 1. The molecule has 0 saturated carbocycles. The van der Waals surface area contributed by atoms with Crippen LogP contribution in [-0.4, -0.2) is 104 Å². The van der Waals surface area contributed by atoms with Crippen molar-refractivity contribution in [3.8, 4) is 11.1 Å². The Morgan fingerprint density at radius 2 is 1.56 bits per heavy atom. The lowest BCUT2D eigenvalue weighted by molar-refractivity contribution is -0.384. The Morgan fingerprint density at radius 3 is 2.31 bits per heavy atom. The Bertz CT molecular complexity index is 2560. The molecular weight excluding hydrogens is 816 g/mol. The third kappa shape index (κ3) is 10.5. The SMILES string of the molecule is O=[N+]([O-])c1cc(S(=O)(=O)Nc2ncnc3cc(N4CCN(Cc5ccccc5-c5ccccc5)CC4)c(F)cc23)ccc1N[C@H](CCN1CCOCC1)CSc1ccccc1. The number of benzene rings is 5. The van der Waals surface area contributed by atoms with Crippen LogP contribution in [0.3, 0.4) is 0 Å². The van der Waals surface area contributed by atoms with Crippen molar-refractivity contribution in [2.24, 2.45) is 0 Å². The zero-order valence-corrected chi connectivity index (χ0v) is 35.2. The maximum Gasteiger partial charge on any atom is 0.293 e. The monoisotopic (exact) mass is 862 g/mol. The van der Waals surface area contributed by atoms with Gasteiger partial charge < -0.3 is 15.0 Å². The molecule has 0 unspecified atom stereocenters. The fourth-order valence-corrected chi connectivity index (χ4v) is 9.81. The highest BCUT2D eigenvalue weighted by Crippen LogP contribution is 2.34. The van der Waals surface area contributed by atoms with Crippen molar-refractivity contribution in [1.82, 2.24) is 19.8 Å². The van der Waals surface area contributed by atoms with Gasteiger partial charge in [-0.2, -0.15) is 0 Å². The number of nitrogens with zero attached hydrogens (tertiary/aromatic N) is 6. The molecule has 2 N–H and O–H groups in total. The van der Waals surface area contributed by atoms with Crippen LogP contribution >= 0.6 is 11.8 Å². The summed E-state index contributed by atoms with van der Waals surface area (Å²) in [6.07, 6.45) is 1.92. The molecule has 5 aromatic carbocycles. The molecule has 2 aliphatic rings. The number of ether oxygens (including phenoxy) is 1. The van der Waals surface area contributed by atoms with E-state index in [4.69, 9.17) is 4.74 Å². The topological polar surface area (TPSA) is 146 Å². The van der Waals surface area contributed by atoms with E-state index in [2.05, 4.69) is 60.1 Å².